The van der Waals surface area contributed by atoms with Crippen molar-refractivity contribution in [2.24, 2.45) is 0 Å². The van der Waals surface area contributed by atoms with E-state index in [4.69, 9.17) is 5.11 Å². The Labute approximate surface area is 65.6 Å². The van der Waals surface area contributed by atoms with Crippen molar-refractivity contribution >= 4 is 10.1 Å². The van der Waals surface area contributed by atoms with E-state index < -0.39 is 22.3 Å². The van der Waals surface area contributed by atoms with Gasteiger partial charge in [0, 0.05) is 6.42 Å². The monoisotopic (exact) mass is 178 g/mol. The second kappa shape index (κ2) is 2.92. The average Bonchev–Trinajstić information content (AvgIpc) is 2.10. The van der Waals surface area contributed by atoms with Gasteiger partial charge >= 0.3 is 0 Å². The Morgan fingerprint density at radius 1 is 1.55 bits per heavy atom. The van der Waals surface area contributed by atoms with Crippen LogP contribution in [-0.2, 0) is 14.3 Å². The van der Waals surface area contributed by atoms with Crippen LogP contribution in [0.15, 0.2) is 12.2 Å². The van der Waals surface area contributed by atoms with Gasteiger partial charge in [-0.2, -0.15) is 8.42 Å². The van der Waals surface area contributed by atoms with E-state index in [0.29, 0.717) is 6.42 Å². The van der Waals surface area contributed by atoms with E-state index in [0.717, 1.165) is 6.26 Å². The number of hydrogen-bond donors (Lipinski definition) is 1. The molecule has 1 N–H and O–H groups in total. The molecule has 0 saturated carbocycles. The molecule has 0 aromatic heterocycles. The fraction of sp³-hybridized carbons (Fsp3) is 0.667. The average molecular weight is 178 g/mol. The minimum absolute atomic E-state index is 0.326. The van der Waals surface area contributed by atoms with E-state index >= 15 is 0 Å². The lowest BCUT2D eigenvalue weighted by Gasteiger charge is -2.06. The van der Waals surface area contributed by atoms with Crippen LogP contribution in [0.4, 0.5) is 0 Å². The molecule has 0 spiro atoms. The summed E-state index contributed by atoms with van der Waals surface area (Å²) in [5, 5.41) is 8.93. The zero-order chi connectivity index (χ0) is 8.48. The van der Waals surface area contributed by atoms with Gasteiger partial charge in [-0.1, -0.05) is 12.2 Å². The Morgan fingerprint density at radius 2 is 2.18 bits per heavy atom. The maximum atomic E-state index is 10.6. The molecule has 0 unspecified atom stereocenters. The molecule has 0 saturated heterocycles. The molecule has 0 bridgehead atoms. The number of aliphatic hydroxyl groups is 1. The van der Waals surface area contributed by atoms with Gasteiger partial charge in [-0.05, 0) is 0 Å². The Kier molecular flexibility index (Phi) is 2.31. The summed E-state index contributed by atoms with van der Waals surface area (Å²) in [6, 6.07) is 0. The van der Waals surface area contributed by atoms with Gasteiger partial charge in [-0.3, -0.25) is 4.18 Å². The lowest BCUT2D eigenvalue weighted by atomic mass is 10.3. The lowest BCUT2D eigenvalue weighted by Crippen LogP contribution is -2.15. The van der Waals surface area contributed by atoms with Crippen LogP contribution in [0.1, 0.15) is 6.42 Å². The summed E-state index contributed by atoms with van der Waals surface area (Å²) in [5.41, 5.74) is 0. The summed E-state index contributed by atoms with van der Waals surface area (Å²) < 4.78 is 25.7. The van der Waals surface area contributed by atoms with Crippen molar-refractivity contribution in [3.63, 3.8) is 0 Å². The van der Waals surface area contributed by atoms with E-state index in [1.807, 2.05) is 0 Å². The first-order chi connectivity index (χ1) is 4.97. The standard InChI is InChI=1S/C6H10O4S/c1-11(8,9)10-6-3-2-5(7)4-6/h2-3,5-7H,4H2,1H3/t5-,6+/m1/s1. The van der Waals surface area contributed by atoms with Gasteiger partial charge in [-0.25, -0.2) is 0 Å². The summed E-state index contributed by atoms with van der Waals surface area (Å²) in [5.74, 6) is 0. The quantitative estimate of drug-likeness (QED) is 0.464. The van der Waals surface area contributed by atoms with Gasteiger partial charge in [0.15, 0.2) is 0 Å². The van der Waals surface area contributed by atoms with Crippen molar-refractivity contribution in [3.05, 3.63) is 12.2 Å². The first-order valence-corrected chi connectivity index (χ1v) is 5.04. The molecule has 0 amide bonds. The van der Waals surface area contributed by atoms with Crippen LogP contribution in [0.3, 0.4) is 0 Å². The third-order valence-electron chi connectivity index (χ3n) is 1.32. The van der Waals surface area contributed by atoms with Crippen LogP contribution in [-0.4, -0.2) is 32.0 Å². The third-order valence-corrected chi connectivity index (χ3v) is 1.92. The molecule has 0 radical (unpaired) electrons. The van der Waals surface area contributed by atoms with E-state index in [-0.39, 0.29) is 0 Å². The highest BCUT2D eigenvalue weighted by atomic mass is 32.2. The van der Waals surface area contributed by atoms with Crippen LogP contribution in [0, 0.1) is 0 Å². The van der Waals surface area contributed by atoms with Gasteiger partial charge in [0.2, 0.25) is 0 Å². The van der Waals surface area contributed by atoms with Gasteiger partial charge in [0.25, 0.3) is 10.1 Å². The van der Waals surface area contributed by atoms with Crippen molar-refractivity contribution in [3.8, 4) is 0 Å². The van der Waals surface area contributed by atoms with Gasteiger partial charge < -0.3 is 5.11 Å². The van der Waals surface area contributed by atoms with Gasteiger partial charge in [0.1, 0.15) is 0 Å². The summed E-state index contributed by atoms with van der Waals surface area (Å²) >= 11 is 0. The molecule has 2 atom stereocenters. The minimum atomic E-state index is -3.39. The molecule has 1 aliphatic carbocycles. The number of aliphatic hydroxyl groups excluding tert-OH is 1. The smallest absolute Gasteiger partial charge is 0.264 e. The number of rotatable bonds is 2. The maximum absolute atomic E-state index is 10.6. The molecule has 0 fully saturated rings. The summed E-state index contributed by atoms with van der Waals surface area (Å²) in [4.78, 5) is 0. The molecule has 0 heterocycles. The van der Waals surface area contributed by atoms with E-state index in [9.17, 15) is 8.42 Å². The molecule has 11 heavy (non-hydrogen) atoms. The zero-order valence-electron chi connectivity index (χ0n) is 6.10. The van der Waals surface area contributed by atoms with Crippen LogP contribution in [0.25, 0.3) is 0 Å². The van der Waals surface area contributed by atoms with Crippen molar-refractivity contribution < 1.29 is 17.7 Å². The fourth-order valence-corrected chi connectivity index (χ4v) is 1.53. The van der Waals surface area contributed by atoms with Gasteiger partial charge in [-0.15, -0.1) is 0 Å². The second-order valence-corrected chi connectivity index (χ2v) is 4.13. The summed E-state index contributed by atoms with van der Waals surface area (Å²) in [6.45, 7) is 0. The Morgan fingerprint density at radius 3 is 2.55 bits per heavy atom. The Hall–Kier alpha value is -0.390. The molecule has 1 rings (SSSR count). The molecule has 64 valence electrons. The topological polar surface area (TPSA) is 63.6 Å². The molecule has 0 aliphatic heterocycles. The molecule has 4 nitrogen and oxygen atoms in total. The van der Waals surface area contributed by atoms with Crippen molar-refractivity contribution in [2.75, 3.05) is 6.26 Å². The normalized spacial score (nSPS) is 31.1. The molecule has 1 aliphatic rings. The van der Waals surface area contributed by atoms with Crippen molar-refractivity contribution in [1.82, 2.24) is 0 Å². The van der Waals surface area contributed by atoms with Crippen LogP contribution in [0.2, 0.25) is 0 Å². The van der Waals surface area contributed by atoms with Crippen LogP contribution in [0.5, 0.6) is 0 Å². The third kappa shape index (κ3) is 3.00. The largest absolute Gasteiger partial charge is 0.389 e. The van der Waals surface area contributed by atoms with Crippen LogP contribution >= 0.6 is 0 Å². The van der Waals surface area contributed by atoms with Crippen molar-refractivity contribution in [1.29, 1.82) is 0 Å². The van der Waals surface area contributed by atoms with E-state index in [1.165, 1.54) is 6.08 Å². The highest BCUT2D eigenvalue weighted by Gasteiger charge is 2.20. The maximum Gasteiger partial charge on any atom is 0.264 e. The molecule has 5 heteroatoms. The Bertz CT molecular complexity index is 254. The highest BCUT2D eigenvalue weighted by molar-refractivity contribution is 7.86. The minimum Gasteiger partial charge on any atom is -0.389 e. The summed E-state index contributed by atoms with van der Waals surface area (Å²) in [6.07, 6.45) is 3.34. The molecule has 0 aromatic carbocycles. The number of hydrogen-bond acceptors (Lipinski definition) is 4. The fourth-order valence-electron chi connectivity index (χ4n) is 0.943. The van der Waals surface area contributed by atoms with E-state index in [1.54, 1.807) is 6.08 Å². The molecular weight excluding hydrogens is 168 g/mol. The van der Waals surface area contributed by atoms with E-state index in [2.05, 4.69) is 4.18 Å². The zero-order valence-corrected chi connectivity index (χ0v) is 6.91. The predicted octanol–water partition coefficient (Wildman–Crippen LogP) is -0.348. The van der Waals surface area contributed by atoms with Crippen LogP contribution < -0.4 is 0 Å². The first kappa shape index (κ1) is 8.70. The molecule has 0 aromatic rings. The lowest BCUT2D eigenvalue weighted by molar-refractivity contribution is 0.169. The highest BCUT2D eigenvalue weighted by Crippen LogP contribution is 2.15. The second-order valence-electron chi connectivity index (χ2n) is 2.53. The SMILES string of the molecule is CS(=O)(=O)O[C@H]1C=C[C@@H](O)C1. The first-order valence-electron chi connectivity index (χ1n) is 3.22. The summed E-state index contributed by atoms with van der Waals surface area (Å²) in [7, 11) is -3.39. The predicted molar refractivity (Wildman–Crippen MR) is 39.5 cm³/mol. The Balaban J connectivity index is 2.48. The van der Waals surface area contributed by atoms with Gasteiger partial charge in [0.05, 0.1) is 18.5 Å². The molecular formula is C6H10O4S. The van der Waals surface area contributed by atoms with Crippen molar-refractivity contribution in [2.45, 2.75) is 18.6 Å².